The van der Waals surface area contributed by atoms with Crippen molar-refractivity contribution in [3.63, 3.8) is 0 Å². The van der Waals surface area contributed by atoms with Gasteiger partial charge >= 0.3 is 0 Å². The van der Waals surface area contributed by atoms with Gasteiger partial charge in [-0.1, -0.05) is 6.92 Å². The van der Waals surface area contributed by atoms with Gasteiger partial charge in [0.2, 0.25) is 10.0 Å². The number of nitrogens with zero attached hydrogens (tertiary/aromatic N) is 2. The van der Waals surface area contributed by atoms with E-state index in [0.29, 0.717) is 23.2 Å². The van der Waals surface area contributed by atoms with Crippen LogP contribution in [0.25, 0.3) is 0 Å². The zero-order valence-electron chi connectivity index (χ0n) is 13.0. The quantitative estimate of drug-likeness (QED) is 0.684. The highest BCUT2D eigenvalue weighted by molar-refractivity contribution is 7.89. The Balaban J connectivity index is 2.32. The predicted molar refractivity (Wildman–Crippen MR) is 86.0 cm³/mol. The van der Waals surface area contributed by atoms with E-state index in [-0.39, 0.29) is 6.04 Å². The second-order valence-electron chi connectivity index (χ2n) is 6.11. The van der Waals surface area contributed by atoms with Gasteiger partial charge in [-0.2, -0.15) is 4.31 Å². The lowest BCUT2D eigenvalue weighted by atomic mass is 10.3. The summed E-state index contributed by atoms with van der Waals surface area (Å²) < 4.78 is 29.4. The van der Waals surface area contributed by atoms with Crippen LogP contribution >= 0.6 is 11.6 Å². The molecule has 1 aromatic rings. The molecule has 0 radical (unpaired) electrons. The lowest BCUT2D eigenvalue weighted by molar-refractivity contribution is 0.341. The van der Waals surface area contributed by atoms with Gasteiger partial charge in [-0.05, 0) is 45.1 Å². The molecule has 0 saturated heterocycles. The predicted octanol–water partition coefficient (Wildman–Crippen LogP) is 3.45. The normalized spacial score (nSPS) is 16.1. The van der Waals surface area contributed by atoms with Crippen LogP contribution in [0.2, 0.25) is 0 Å². The van der Waals surface area contributed by atoms with E-state index in [1.165, 1.54) is 0 Å². The first-order valence-corrected chi connectivity index (χ1v) is 9.64. The topological polar surface area (TPSA) is 42.3 Å². The number of hydrogen-bond acceptors (Lipinski definition) is 2. The van der Waals surface area contributed by atoms with Gasteiger partial charge in [0, 0.05) is 31.0 Å². The molecule has 0 N–H and O–H groups in total. The monoisotopic (exact) mass is 332 g/mol. The summed E-state index contributed by atoms with van der Waals surface area (Å²) in [5.74, 6) is 0.868. The Kier molecular flexibility index (Phi) is 5.38. The van der Waals surface area contributed by atoms with E-state index in [4.69, 9.17) is 11.6 Å². The number of hydrogen-bond donors (Lipinski definition) is 0. The molecule has 6 heteroatoms. The van der Waals surface area contributed by atoms with Gasteiger partial charge < -0.3 is 4.57 Å². The van der Waals surface area contributed by atoms with Crippen LogP contribution in [0.4, 0.5) is 0 Å². The standard InChI is InChI=1S/C15H25ClN2O2S/c1-4-7-17-11-15(8-14(17)9-16)21(19,20)18(12(2)3)10-13-5-6-13/h8,11-13H,4-7,9-10H2,1-3H3. The summed E-state index contributed by atoms with van der Waals surface area (Å²) in [6, 6.07) is 1.70. The third-order valence-electron chi connectivity index (χ3n) is 3.88. The zero-order valence-corrected chi connectivity index (χ0v) is 14.6. The van der Waals surface area contributed by atoms with Crippen LogP contribution < -0.4 is 0 Å². The maximum absolute atomic E-state index is 12.9. The Labute approximate surface area is 133 Å². The molecule has 1 saturated carbocycles. The van der Waals surface area contributed by atoms with Gasteiger partial charge in [0.05, 0.1) is 5.88 Å². The Morgan fingerprint density at radius 1 is 1.43 bits per heavy atom. The molecule has 1 aliphatic rings. The van der Waals surface area contributed by atoms with Crippen molar-refractivity contribution in [2.24, 2.45) is 5.92 Å². The molecule has 2 rings (SSSR count). The highest BCUT2D eigenvalue weighted by Gasteiger charge is 2.34. The Morgan fingerprint density at radius 3 is 2.57 bits per heavy atom. The van der Waals surface area contributed by atoms with Crippen LogP contribution in [-0.4, -0.2) is 29.9 Å². The van der Waals surface area contributed by atoms with E-state index in [1.54, 1.807) is 16.6 Å². The number of rotatable bonds is 8. The van der Waals surface area contributed by atoms with Crippen LogP contribution in [0, 0.1) is 5.92 Å². The fourth-order valence-corrected chi connectivity index (χ4v) is 4.51. The van der Waals surface area contributed by atoms with Crippen LogP contribution in [0.5, 0.6) is 0 Å². The molecule has 0 unspecified atom stereocenters. The van der Waals surface area contributed by atoms with Crippen LogP contribution in [0.15, 0.2) is 17.2 Å². The first kappa shape index (κ1) is 16.8. The molecular formula is C15H25ClN2O2S. The third kappa shape index (κ3) is 3.82. The lowest BCUT2D eigenvalue weighted by Gasteiger charge is -2.25. The van der Waals surface area contributed by atoms with E-state index in [9.17, 15) is 8.42 Å². The first-order chi connectivity index (χ1) is 9.90. The molecule has 1 heterocycles. The van der Waals surface area contributed by atoms with E-state index < -0.39 is 10.0 Å². The first-order valence-electron chi connectivity index (χ1n) is 7.67. The van der Waals surface area contributed by atoms with Crippen LogP contribution in [0.1, 0.15) is 45.7 Å². The molecule has 0 atom stereocenters. The van der Waals surface area contributed by atoms with Gasteiger partial charge in [-0.15, -0.1) is 11.6 Å². The molecule has 21 heavy (non-hydrogen) atoms. The molecule has 1 aromatic heterocycles. The summed E-state index contributed by atoms with van der Waals surface area (Å²) in [6.07, 6.45) is 4.97. The van der Waals surface area contributed by atoms with Gasteiger partial charge in [0.15, 0.2) is 0 Å². The summed E-state index contributed by atoms with van der Waals surface area (Å²) in [5.41, 5.74) is 0.868. The second kappa shape index (κ2) is 6.71. The van der Waals surface area contributed by atoms with Gasteiger partial charge in [-0.25, -0.2) is 8.42 Å². The number of aryl methyl sites for hydroxylation is 1. The molecule has 0 amide bonds. The molecular weight excluding hydrogens is 308 g/mol. The summed E-state index contributed by atoms with van der Waals surface area (Å²) in [7, 11) is -3.43. The van der Waals surface area contributed by atoms with Crippen molar-refractivity contribution < 1.29 is 8.42 Å². The number of aromatic nitrogens is 1. The van der Waals surface area contributed by atoms with Crippen molar-refractivity contribution >= 4 is 21.6 Å². The summed E-state index contributed by atoms with van der Waals surface area (Å²) >= 11 is 5.94. The molecule has 0 aliphatic heterocycles. The molecule has 0 spiro atoms. The molecule has 0 bridgehead atoms. The SMILES string of the molecule is CCCn1cc(S(=O)(=O)N(CC2CC2)C(C)C)cc1CCl. The largest absolute Gasteiger partial charge is 0.349 e. The maximum Gasteiger partial charge on any atom is 0.244 e. The highest BCUT2D eigenvalue weighted by atomic mass is 35.5. The van der Waals surface area contributed by atoms with Gasteiger partial charge in [0.25, 0.3) is 0 Å². The average Bonchev–Trinajstić information content (AvgIpc) is 3.15. The van der Waals surface area contributed by atoms with Crippen molar-refractivity contribution in [2.45, 2.75) is 63.4 Å². The summed E-state index contributed by atoms with van der Waals surface area (Å²) in [6.45, 7) is 7.37. The van der Waals surface area contributed by atoms with Crippen molar-refractivity contribution in [3.05, 3.63) is 18.0 Å². The minimum absolute atomic E-state index is 0.0235. The molecule has 1 aliphatic carbocycles. The Bertz CT molecular complexity index is 576. The Hall–Kier alpha value is -0.520. The van der Waals surface area contributed by atoms with Gasteiger partial charge in [0.1, 0.15) is 4.90 Å². The van der Waals surface area contributed by atoms with Crippen molar-refractivity contribution in [3.8, 4) is 0 Å². The van der Waals surface area contributed by atoms with Crippen molar-refractivity contribution in [2.75, 3.05) is 6.54 Å². The third-order valence-corrected chi connectivity index (χ3v) is 6.16. The second-order valence-corrected chi connectivity index (χ2v) is 8.26. The molecule has 4 nitrogen and oxygen atoms in total. The van der Waals surface area contributed by atoms with E-state index in [0.717, 1.165) is 31.5 Å². The van der Waals surface area contributed by atoms with E-state index in [1.807, 2.05) is 18.4 Å². The van der Waals surface area contributed by atoms with Crippen LogP contribution in [-0.2, 0) is 22.4 Å². The number of halogens is 1. The minimum atomic E-state index is -3.43. The lowest BCUT2D eigenvalue weighted by Crippen LogP contribution is -2.38. The van der Waals surface area contributed by atoms with Crippen LogP contribution in [0.3, 0.4) is 0 Å². The minimum Gasteiger partial charge on any atom is -0.349 e. The molecule has 1 fully saturated rings. The maximum atomic E-state index is 12.9. The Morgan fingerprint density at radius 2 is 2.10 bits per heavy atom. The zero-order chi connectivity index (χ0) is 15.6. The highest BCUT2D eigenvalue weighted by Crippen LogP contribution is 2.33. The fraction of sp³-hybridized carbons (Fsp3) is 0.733. The summed E-state index contributed by atoms with van der Waals surface area (Å²) in [5, 5.41) is 0. The van der Waals surface area contributed by atoms with Crippen molar-refractivity contribution in [1.82, 2.24) is 8.87 Å². The van der Waals surface area contributed by atoms with Crippen molar-refractivity contribution in [1.29, 1.82) is 0 Å². The smallest absolute Gasteiger partial charge is 0.244 e. The van der Waals surface area contributed by atoms with E-state index >= 15 is 0 Å². The average molecular weight is 333 g/mol. The molecule has 0 aromatic carbocycles. The van der Waals surface area contributed by atoms with Gasteiger partial charge in [-0.3, -0.25) is 0 Å². The number of sulfonamides is 1. The molecule has 120 valence electrons. The number of alkyl halides is 1. The van der Waals surface area contributed by atoms with E-state index in [2.05, 4.69) is 6.92 Å². The fourth-order valence-electron chi connectivity index (χ4n) is 2.50. The summed E-state index contributed by atoms with van der Waals surface area (Å²) in [4.78, 5) is 0.376.